The summed E-state index contributed by atoms with van der Waals surface area (Å²) < 4.78 is 5.30. The van der Waals surface area contributed by atoms with Crippen LogP contribution >= 0.6 is 11.3 Å². The normalized spacial score (nSPS) is 27.9. The highest BCUT2D eigenvalue weighted by molar-refractivity contribution is 7.12. The molecule has 28 heavy (non-hydrogen) atoms. The third kappa shape index (κ3) is 4.21. The molecule has 3 atom stereocenters. The molecule has 2 N–H and O–H groups in total. The first-order valence-corrected chi connectivity index (χ1v) is 10.7. The lowest BCUT2D eigenvalue weighted by Crippen LogP contribution is -2.58. The molecule has 0 aromatic carbocycles. The van der Waals surface area contributed by atoms with Gasteiger partial charge in [0.15, 0.2) is 0 Å². The minimum atomic E-state index is -0.231. The van der Waals surface area contributed by atoms with Gasteiger partial charge in [0.05, 0.1) is 24.1 Å². The van der Waals surface area contributed by atoms with Crippen LogP contribution in [0.5, 0.6) is 0 Å². The van der Waals surface area contributed by atoms with Crippen molar-refractivity contribution in [3.8, 4) is 0 Å². The first-order chi connectivity index (χ1) is 13.6. The Kier molecular flexibility index (Phi) is 5.93. The number of nitrogens with one attached hydrogen (secondary N) is 2. The molecule has 3 aliphatic rings. The van der Waals surface area contributed by atoms with Gasteiger partial charge in [-0.25, -0.2) is 0 Å². The van der Waals surface area contributed by atoms with E-state index >= 15 is 0 Å². The molecule has 0 radical (unpaired) electrons. The number of nitrogens with zero attached hydrogens (tertiary/aromatic N) is 2. The minimum Gasteiger partial charge on any atom is -0.378 e. The summed E-state index contributed by atoms with van der Waals surface area (Å²) in [5.41, 5.74) is 0. The summed E-state index contributed by atoms with van der Waals surface area (Å²) in [7, 11) is 0. The number of carbonyl (C=O) groups excluding carboxylic acids is 3. The van der Waals surface area contributed by atoms with Crippen LogP contribution in [-0.2, 0) is 14.3 Å². The summed E-state index contributed by atoms with van der Waals surface area (Å²) in [6.07, 6.45) is 1.78. The van der Waals surface area contributed by atoms with Gasteiger partial charge in [-0.2, -0.15) is 0 Å². The van der Waals surface area contributed by atoms with E-state index in [1.54, 1.807) is 6.07 Å². The van der Waals surface area contributed by atoms with Gasteiger partial charge in [0, 0.05) is 44.7 Å². The summed E-state index contributed by atoms with van der Waals surface area (Å²) in [6.45, 7) is 3.71. The number of carbonyl (C=O) groups is 3. The molecule has 9 heteroatoms. The van der Waals surface area contributed by atoms with Gasteiger partial charge in [0.2, 0.25) is 11.8 Å². The zero-order chi connectivity index (χ0) is 19.5. The molecule has 4 rings (SSSR count). The second-order valence-electron chi connectivity index (χ2n) is 7.53. The van der Waals surface area contributed by atoms with Gasteiger partial charge >= 0.3 is 0 Å². The third-order valence-electron chi connectivity index (χ3n) is 5.76. The molecular formula is C19H26N4O4S. The average Bonchev–Trinajstić information content (AvgIpc) is 3.38. The van der Waals surface area contributed by atoms with Gasteiger partial charge in [0.1, 0.15) is 0 Å². The van der Waals surface area contributed by atoms with Crippen LogP contribution < -0.4 is 10.6 Å². The van der Waals surface area contributed by atoms with Crippen molar-refractivity contribution >= 4 is 29.1 Å². The van der Waals surface area contributed by atoms with Crippen LogP contribution in [0.25, 0.3) is 0 Å². The number of thiophene rings is 1. The average molecular weight is 407 g/mol. The highest BCUT2D eigenvalue weighted by Gasteiger charge is 2.43. The summed E-state index contributed by atoms with van der Waals surface area (Å²) in [5.74, 6) is 0.0847. The highest BCUT2D eigenvalue weighted by Crippen LogP contribution is 2.26. The quantitative estimate of drug-likeness (QED) is 0.722. The van der Waals surface area contributed by atoms with E-state index in [-0.39, 0.29) is 35.8 Å². The van der Waals surface area contributed by atoms with Crippen LogP contribution in [0.4, 0.5) is 0 Å². The molecule has 0 saturated carbocycles. The largest absolute Gasteiger partial charge is 0.378 e. The molecule has 8 nitrogen and oxygen atoms in total. The van der Waals surface area contributed by atoms with E-state index < -0.39 is 0 Å². The van der Waals surface area contributed by atoms with Crippen molar-refractivity contribution in [1.82, 2.24) is 20.4 Å². The Morgan fingerprint density at radius 2 is 2.14 bits per heavy atom. The molecule has 3 amide bonds. The lowest BCUT2D eigenvalue weighted by Gasteiger charge is -2.37. The lowest BCUT2D eigenvalue weighted by atomic mass is 10.0. The molecule has 3 fully saturated rings. The Morgan fingerprint density at radius 3 is 2.89 bits per heavy atom. The summed E-state index contributed by atoms with van der Waals surface area (Å²) in [6, 6.07) is 3.49. The third-order valence-corrected chi connectivity index (χ3v) is 6.63. The van der Waals surface area contributed by atoms with E-state index in [4.69, 9.17) is 4.74 Å². The Balaban J connectivity index is 1.33. The molecule has 152 valence electrons. The van der Waals surface area contributed by atoms with Gasteiger partial charge in [-0.3, -0.25) is 19.3 Å². The Labute approximate surface area is 168 Å². The van der Waals surface area contributed by atoms with E-state index in [0.29, 0.717) is 63.5 Å². The van der Waals surface area contributed by atoms with Crippen molar-refractivity contribution in [1.29, 1.82) is 0 Å². The smallest absolute Gasteiger partial charge is 0.261 e. The van der Waals surface area contributed by atoms with Crippen LogP contribution in [0.1, 0.15) is 28.9 Å². The van der Waals surface area contributed by atoms with Crippen molar-refractivity contribution in [2.45, 2.75) is 37.4 Å². The molecule has 3 saturated heterocycles. The maximum atomic E-state index is 12.4. The van der Waals surface area contributed by atoms with Gasteiger partial charge in [0.25, 0.3) is 5.91 Å². The van der Waals surface area contributed by atoms with Gasteiger partial charge in [-0.05, 0) is 24.3 Å². The number of rotatable bonds is 5. The zero-order valence-electron chi connectivity index (χ0n) is 15.8. The SMILES string of the molecule is O=C(NC1CC2C(=O)NCC(CCC(=O)N3CCOCC3)N2C1)c1cccs1. The molecule has 3 aliphatic heterocycles. The van der Waals surface area contributed by atoms with Gasteiger partial charge in [-0.1, -0.05) is 6.07 Å². The molecular weight excluding hydrogens is 380 g/mol. The van der Waals surface area contributed by atoms with Crippen molar-refractivity contribution in [3.05, 3.63) is 22.4 Å². The Bertz CT molecular complexity index is 720. The topological polar surface area (TPSA) is 91.0 Å². The number of hydrogen-bond donors (Lipinski definition) is 2. The van der Waals surface area contributed by atoms with Crippen LogP contribution in [0.3, 0.4) is 0 Å². The number of fused-ring (bicyclic) bond motifs is 1. The summed E-state index contributed by atoms with van der Waals surface area (Å²) in [5, 5.41) is 7.90. The Morgan fingerprint density at radius 1 is 1.32 bits per heavy atom. The fraction of sp³-hybridized carbons (Fsp3) is 0.632. The highest BCUT2D eigenvalue weighted by atomic mass is 32.1. The maximum Gasteiger partial charge on any atom is 0.261 e. The van der Waals surface area contributed by atoms with Crippen molar-refractivity contribution in [2.75, 3.05) is 39.4 Å². The minimum absolute atomic E-state index is 0.0172. The van der Waals surface area contributed by atoms with Gasteiger partial charge in [-0.15, -0.1) is 11.3 Å². The van der Waals surface area contributed by atoms with E-state index in [1.807, 2.05) is 16.3 Å². The first-order valence-electron chi connectivity index (χ1n) is 9.85. The van der Waals surface area contributed by atoms with Crippen LogP contribution in [0, 0.1) is 0 Å². The zero-order valence-corrected chi connectivity index (χ0v) is 16.6. The predicted octanol–water partition coefficient (Wildman–Crippen LogP) is 0.0582. The number of ether oxygens (including phenoxy) is 1. The molecule has 0 aliphatic carbocycles. The summed E-state index contributed by atoms with van der Waals surface area (Å²) in [4.78, 5) is 41.8. The van der Waals surface area contributed by atoms with E-state index in [1.165, 1.54) is 11.3 Å². The molecule has 0 spiro atoms. The van der Waals surface area contributed by atoms with Crippen molar-refractivity contribution in [3.63, 3.8) is 0 Å². The molecule has 1 aromatic heterocycles. The van der Waals surface area contributed by atoms with Crippen LogP contribution in [-0.4, -0.2) is 85.0 Å². The molecule has 0 bridgehead atoms. The number of piperazine rings is 1. The Hall–Kier alpha value is -1.97. The number of hydrogen-bond acceptors (Lipinski definition) is 6. The number of morpholine rings is 1. The van der Waals surface area contributed by atoms with Crippen molar-refractivity contribution < 1.29 is 19.1 Å². The fourth-order valence-electron chi connectivity index (χ4n) is 4.27. The van der Waals surface area contributed by atoms with Crippen molar-refractivity contribution in [2.24, 2.45) is 0 Å². The molecule has 3 unspecified atom stereocenters. The van der Waals surface area contributed by atoms with Crippen LogP contribution in [0.2, 0.25) is 0 Å². The second kappa shape index (κ2) is 8.59. The second-order valence-corrected chi connectivity index (χ2v) is 8.47. The monoisotopic (exact) mass is 406 g/mol. The lowest BCUT2D eigenvalue weighted by molar-refractivity contribution is -0.136. The van der Waals surface area contributed by atoms with Crippen LogP contribution in [0.15, 0.2) is 17.5 Å². The standard InChI is InChI=1S/C19H26N4O4S/c24-17(22-5-7-27-8-6-22)4-3-14-11-20-18(25)15-10-13(12-23(14)15)21-19(26)16-2-1-9-28-16/h1-2,9,13-15H,3-8,10-12H2,(H,20,25)(H,21,26). The fourth-order valence-corrected chi connectivity index (χ4v) is 4.90. The van der Waals surface area contributed by atoms with E-state index in [0.717, 1.165) is 0 Å². The predicted molar refractivity (Wildman–Crippen MR) is 104 cm³/mol. The molecule has 4 heterocycles. The van der Waals surface area contributed by atoms with E-state index in [2.05, 4.69) is 15.5 Å². The summed E-state index contributed by atoms with van der Waals surface area (Å²) >= 11 is 1.41. The van der Waals surface area contributed by atoms with Gasteiger partial charge < -0.3 is 20.3 Å². The number of amides is 3. The first kappa shape index (κ1) is 19.4. The maximum absolute atomic E-state index is 12.4. The van der Waals surface area contributed by atoms with E-state index in [9.17, 15) is 14.4 Å². The molecule has 1 aromatic rings.